The second-order valence-electron chi connectivity index (χ2n) is 12.4. The molecule has 1 rings (SSSR count). The molecule has 0 aromatic rings. The van der Waals surface area contributed by atoms with Crippen LogP contribution in [0.3, 0.4) is 0 Å². The van der Waals surface area contributed by atoms with Crippen LogP contribution >= 0.6 is 0 Å². The van der Waals surface area contributed by atoms with E-state index in [2.05, 4.69) is 22.5 Å². The van der Waals surface area contributed by atoms with E-state index in [1.807, 2.05) is 55.4 Å². The Kier molecular flexibility index (Phi) is 12.0. The average molecular weight is 537 g/mol. The lowest BCUT2D eigenvalue weighted by atomic mass is 9.85. The molecule has 0 radical (unpaired) electrons. The first kappa shape index (κ1) is 33.1. The third-order valence-corrected chi connectivity index (χ3v) is 6.75. The van der Waals surface area contributed by atoms with E-state index < -0.39 is 53.1 Å². The molecule has 1 heterocycles. The number of alkyl carbamates (subject to hydrolysis) is 1. The summed E-state index contributed by atoms with van der Waals surface area (Å²) in [4.78, 5) is 66.4. The van der Waals surface area contributed by atoms with E-state index >= 15 is 0 Å². The summed E-state index contributed by atoms with van der Waals surface area (Å²) in [6.45, 7) is 20.8. The van der Waals surface area contributed by atoms with Gasteiger partial charge in [0.25, 0.3) is 5.91 Å². The SMILES string of the molecule is C=CCNC(=O)C(=O)C(CCC)NC(=O)[C@@H]1CC(C)(C)CN1C(=O)[C@@H](NC(=O)O[C@H](C)C(C)C)C(C)(C)C. The average Bonchev–Trinajstić information content (AvgIpc) is 3.14. The van der Waals surface area contributed by atoms with E-state index in [1.54, 1.807) is 6.92 Å². The van der Waals surface area contributed by atoms with Crippen molar-refractivity contribution in [2.24, 2.45) is 16.7 Å². The van der Waals surface area contributed by atoms with E-state index in [1.165, 1.54) is 11.0 Å². The molecule has 4 atom stereocenters. The van der Waals surface area contributed by atoms with Crippen molar-refractivity contribution in [2.45, 2.75) is 106 Å². The van der Waals surface area contributed by atoms with Crippen LogP contribution in [0.15, 0.2) is 12.7 Å². The molecule has 0 aromatic heterocycles. The normalized spacial score (nSPS) is 19.2. The fourth-order valence-corrected chi connectivity index (χ4v) is 4.24. The second-order valence-corrected chi connectivity index (χ2v) is 12.4. The summed E-state index contributed by atoms with van der Waals surface area (Å²) in [6, 6.07) is -2.82. The molecule has 3 N–H and O–H groups in total. The Morgan fingerprint density at radius 3 is 2.21 bits per heavy atom. The van der Waals surface area contributed by atoms with Gasteiger partial charge >= 0.3 is 6.09 Å². The molecular formula is C28H48N4O6. The number of ether oxygens (including phenoxy) is 1. The number of nitrogens with zero attached hydrogens (tertiary/aromatic N) is 1. The quantitative estimate of drug-likeness (QED) is 0.259. The van der Waals surface area contributed by atoms with Crippen LogP contribution in [-0.4, -0.2) is 71.8 Å². The molecule has 1 fully saturated rings. The Hall–Kier alpha value is -2.91. The van der Waals surface area contributed by atoms with Crippen LogP contribution in [0, 0.1) is 16.7 Å². The number of nitrogens with one attached hydrogen (secondary N) is 3. The number of amides is 4. The summed E-state index contributed by atoms with van der Waals surface area (Å²) in [5, 5.41) is 7.89. The molecule has 1 aliphatic rings. The van der Waals surface area contributed by atoms with Gasteiger partial charge in [0, 0.05) is 13.1 Å². The van der Waals surface area contributed by atoms with Gasteiger partial charge in [0.1, 0.15) is 18.2 Å². The van der Waals surface area contributed by atoms with E-state index in [0.29, 0.717) is 19.4 Å². The van der Waals surface area contributed by atoms with Gasteiger partial charge in [0.2, 0.25) is 17.6 Å². The largest absolute Gasteiger partial charge is 0.446 e. The van der Waals surface area contributed by atoms with Gasteiger partial charge in [-0.15, -0.1) is 6.58 Å². The lowest BCUT2D eigenvalue weighted by Crippen LogP contribution is -2.59. The molecule has 1 unspecified atom stereocenters. The molecule has 10 heteroatoms. The molecule has 4 amide bonds. The van der Waals surface area contributed by atoms with Gasteiger partial charge < -0.3 is 25.6 Å². The van der Waals surface area contributed by atoms with Crippen LogP contribution in [0.2, 0.25) is 0 Å². The van der Waals surface area contributed by atoms with E-state index in [0.717, 1.165) is 0 Å². The highest BCUT2D eigenvalue weighted by atomic mass is 16.6. The number of likely N-dealkylation sites (tertiary alicyclic amines) is 1. The standard InChI is InChI=1S/C28H48N4O6/c1-11-13-19(21(33)24(35)29-14-12-2)30-23(34)20-15-28(9,10)16-32(20)25(36)22(27(6,7)8)31-26(37)38-18(5)17(3)4/h12,17-20,22H,2,11,13-16H2,1,3-10H3,(H,29,35)(H,30,34)(H,31,37)/t18-,19?,20+,22-/m1/s1. The van der Waals surface area contributed by atoms with Gasteiger partial charge in [0.05, 0.1) is 6.04 Å². The fourth-order valence-electron chi connectivity index (χ4n) is 4.24. The van der Waals surface area contributed by atoms with Crippen molar-refractivity contribution in [3.63, 3.8) is 0 Å². The zero-order valence-corrected chi connectivity index (χ0v) is 24.6. The van der Waals surface area contributed by atoms with Gasteiger partial charge in [-0.05, 0) is 36.5 Å². The first-order valence-corrected chi connectivity index (χ1v) is 13.5. The maximum Gasteiger partial charge on any atom is 0.408 e. The van der Waals surface area contributed by atoms with Crippen molar-refractivity contribution in [1.82, 2.24) is 20.9 Å². The fraction of sp³-hybridized carbons (Fsp3) is 0.750. The summed E-state index contributed by atoms with van der Waals surface area (Å²) in [6.07, 6.45) is 1.64. The molecule has 38 heavy (non-hydrogen) atoms. The number of carbonyl (C=O) groups is 5. The van der Waals surface area contributed by atoms with Gasteiger partial charge in [-0.3, -0.25) is 19.2 Å². The van der Waals surface area contributed by atoms with Gasteiger partial charge in [0.15, 0.2) is 0 Å². The van der Waals surface area contributed by atoms with Crippen LogP contribution in [0.1, 0.15) is 81.6 Å². The maximum atomic E-state index is 13.9. The monoisotopic (exact) mass is 536 g/mol. The molecule has 0 aliphatic carbocycles. The Bertz CT molecular complexity index is 892. The topological polar surface area (TPSA) is 134 Å². The van der Waals surface area contributed by atoms with Crippen LogP contribution in [0.5, 0.6) is 0 Å². The molecule has 0 bridgehead atoms. The van der Waals surface area contributed by atoms with Crippen molar-refractivity contribution in [1.29, 1.82) is 0 Å². The van der Waals surface area contributed by atoms with Gasteiger partial charge in [-0.25, -0.2) is 4.79 Å². The Morgan fingerprint density at radius 1 is 1.11 bits per heavy atom. The smallest absolute Gasteiger partial charge is 0.408 e. The first-order chi connectivity index (χ1) is 17.4. The molecule has 10 nitrogen and oxygen atoms in total. The molecule has 0 aromatic carbocycles. The van der Waals surface area contributed by atoms with Gasteiger partial charge in [-0.1, -0.05) is 67.9 Å². The molecule has 1 saturated heterocycles. The van der Waals surface area contributed by atoms with Crippen molar-refractivity contribution in [2.75, 3.05) is 13.1 Å². The number of carbonyl (C=O) groups excluding carboxylic acids is 5. The number of hydrogen-bond donors (Lipinski definition) is 3. The van der Waals surface area contributed by atoms with Crippen LogP contribution in [0.25, 0.3) is 0 Å². The third kappa shape index (κ3) is 9.44. The van der Waals surface area contributed by atoms with Crippen molar-refractivity contribution >= 4 is 29.6 Å². The summed E-state index contributed by atoms with van der Waals surface area (Å²) >= 11 is 0. The van der Waals surface area contributed by atoms with Gasteiger partial charge in [-0.2, -0.15) is 0 Å². The maximum absolute atomic E-state index is 13.9. The van der Waals surface area contributed by atoms with Crippen LogP contribution < -0.4 is 16.0 Å². The Balaban J connectivity index is 3.18. The number of Topliss-reactive ketones (excluding diaryl/α,β-unsaturated/α-hetero) is 1. The van der Waals surface area contributed by atoms with Crippen molar-refractivity contribution in [3.8, 4) is 0 Å². The number of rotatable bonds is 12. The highest BCUT2D eigenvalue weighted by Gasteiger charge is 2.48. The number of ketones is 1. The minimum absolute atomic E-state index is 0.106. The lowest BCUT2D eigenvalue weighted by molar-refractivity contribution is -0.144. The van der Waals surface area contributed by atoms with Crippen molar-refractivity contribution < 1.29 is 28.7 Å². The zero-order chi connectivity index (χ0) is 29.4. The van der Waals surface area contributed by atoms with Crippen molar-refractivity contribution in [3.05, 3.63) is 12.7 Å². The summed E-state index contributed by atoms with van der Waals surface area (Å²) < 4.78 is 5.44. The van der Waals surface area contributed by atoms with Crippen LogP contribution in [0.4, 0.5) is 4.79 Å². The van der Waals surface area contributed by atoms with E-state index in [4.69, 9.17) is 4.74 Å². The Morgan fingerprint density at radius 2 is 1.71 bits per heavy atom. The minimum Gasteiger partial charge on any atom is -0.446 e. The predicted molar refractivity (Wildman–Crippen MR) is 146 cm³/mol. The minimum atomic E-state index is -1.01. The molecular weight excluding hydrogens is 488 g/mol. The molecule has 0 spiro atoms. The summed E-state index contributed by atoms with van der Waals surface area (Å²) in [5.41, 5.74) is -1.05. The predicted octanol–water partition coefficient (Wildman–Crippen LogP) is 2.96. The summed E-state index contributed by atoms with van der Waals surface area (Å²) in [5.74, 6) is -2.34. The van der Waals surface area contributed by atoms with E-state index in [-0.39, 0.29) is 30.4 Å². The zero-order valence-electron chi connectivity index (χ0n) is 24.6. The molecule has 0 saturated carbocycles. The number of hydrogen-bond acceptors (Lipinski definition) is 6. The second kappa shape index (κ2) is 13.8. The third-order valence-electron chi connectivity index (χ3n) is 6.75. The first-order valence-electron chi connectivity index (χ1n) is 13.5. The molecule has 1 aliphatic heterocycles. The Labute approximate surface area is 227 Å². The highest BCUT2D eigenvalue weighted by molar-refractivity contribution is 6.38. The lowest BCUT2D eigenvalue weighted by Gasteiger charge is -2.36. The van der Waals surface area contributed by atoms with Crippen LogP contribution in [-0.2, 0) is 23.9 Å². The highest BCUT2D eigenvalue weighted by Crippen LogP contribution is 2.36. The summed E-state index contributed by atoms with van der Waals surface area (Å²) in [7, 11) is 0. The van der Waals surface area contributed by atoms with E-state index in [9.17, 15) is 24.0 Å². The molecule has 216 valence electrons.